The van der Waals surface area contributed by atoms with Crippen molar-refractivity contribution in [2.45, 2.75) is 43.5 Å². The number of sulfonamides is 1. The molecule has 0 aromatic carbocycles. The first-order valence-corrected chi connectivity index (χ1v) is 8.88. The Hall–Kier alpha value is -1.87. The lowest BCUT2D eigenvalue weighted by atomic mass is 9.93. The lowest BCUT2D eigenvalue weighted by Gasteiger charge is -2.28. The average molecular weight is 362 g/mol. The number of nitrogens with one attached hydrogen (secondary N) is 1. The summed E-state index contributed by atoms with van der Waals surface area (Å²) in [6, 6.07) is 4.27. The molecule has 0 unspecified atom stereocenters. The molecule has 0 radical (unpaired) electrons. The number of pyridine rings is 1. The number of hydrogen-bond acceptors (Lipinski definition) is 5. The topological polar surface area (TPSA) is 126 Å². The highest BCUT2D eigenvalue weighted by atomic mass is 32.2. The highest BCUT2D eigenvalue weighted by molar-refractivity contribution is 7.89. The highest BCUT2D eigenvalue weighted by Crippen LogP contribution is 2.34. The average Bonchev–Trinajstić information content (AvgIpc) is 2.99. The summed E-state index contributed by atoms with van der Waals surface area (Å²) >= 11 is 0. The van der Waals surface area contributed by atoms with Gasteiger partial charge in [0.1, 0.15) is 5.82 Å². The van der Waals surface area contributed by atoms with Crippen molar-refractivity contribution in [1.29, 1.82) is 0 Å². The second-order valence-electron chi connectivity index (χ2n) is 5.80. The van der Waals surface area contributed by atoms with E-state index in [1.54, 1.807) is 6.07 Å². The molecule has 1 amide bonds. The first kappa shape index (κ1) is 11.6. The second kappa shape index (κ2) is 6.94. The van der Waals surface area contributed by atoms with E-state index in [1.165, 1.54) is 12.1 Å². The fourth-order valence-electron chi connectivity index (χ4n) is 2.72. The van der Waals surface area contributed by atoms with Crippen molar-refractivity contribution in [2.24, 2.45) is 11.1 Å². The molecular weight excluding hydrogens is 332 g/mol. The van der Waals surface area contributed by atoms with Crippen molar-refractivity contribution in [3.05, 3.63) is 18.2 Å². The molecule has 134 valence electrons. The van der Waals surface area contributed by atoms with Crippen LogP contribution in [0, 0.1) is 5.92 Å². The highest BCUT2D eigenvalue weighted by Gasteiger charge is 2.40. The third kappa shape index (κ3) is 4.57. The zero-order chi connectivity index (χ0) is 23.0. The Morgan fingerprint density at radius 1 is 1.58 bits per heavy atom. The van der Waals surface area contributed by atoms with Gasteiger partial charge in [0.15, 0.2) is 5.03 Å². The van der Waals surface area contributed by atoms with Crippen LogP contribution in [0.15, 0.2) is 23.2 Å². The lowest BCUT2D eigenvalue weighted by molar-refractivity contribution is 0.117. The van der Waals surface area contributed by atoms with Crippen LogP contribution in [0.2, 0.25) is 0 Å². The number of aromatic nitrogens is 1. The fraction of sp³-hybridized carbons (Fsp3) is 0.600. The smallest absolute Gasteiger partial charge is 0.407 e. The summed E-state index contributed by atoms with van der Waals surface area (Å²) in [5.74, 6) is -0.174. The number of nitrogens with two attached hydrogens (primary N) is 1. The Kier molecular flexibility index (Phi) is 3.37. The second-order valence-corrected chi connectivity index (χ2v) is 7.31. The Balaban J connectivity index is 2.05. The minimum Gasteiger partial charge on any atom is -0.465 e. The largest absolute Gasteiger partial charge is 0.465 e. The minimum absolute atomic E-state index is 0.189. The third-order valence-corrected chi connectivity index (χ3v) is 4.64. The molecule has 9 heteroatoms. The predicted molar refractivity (Wildman–Crippen MR) is 90.3 cm³/mol. The summed E-state index contributed by atoms with van der Waals surface area (Å²) in [7, 11) is -3.94. The van der Waals surface area contributed by atoms with Gasteiger partial charge in [0.05, 0.1) is 0 Å². The lowest BCUT2D eigenvalue weighted by Crippen LogP contribution is -2.41. The van der Waals surface area contributed by atoms with Crippen molar-refractivity contribution in [3.8, 4) is 0 Å². The normalized spacial score (nSPS) is 24.9. The maximum absolute atomic E-state index is 11.6. The summed E-state index contributed by atoms with van der Waals surface area (Å²) < 4.78 is 69.1. The van der Waals surface area contributed by atoms with Crippen LogP contribution >= 0.6 is 0 Å². The van der Waals surface area contributed by atoms with Gasteiger partial charge in [-0.05, 0) is 51.0 Å². The van der Waals surface area contributed by atoms with E-state index < -0.39 is 41.3 Å². The number of carbonyl (C=O) groups is 1. The summed E-state index contributed by atoms with van der Waals surface area (Å²) in [6.07, 6.45) is -1.05. The Morgan fingerprint density at radius 3 is 2.92 bits per heavy atom. The van der Waals surface area contributed by atoms with Gasteiger partial charge in [0.2, 0.25) is 0 Å². The van der Waals surface area contributed by atoms with Crippen LogP contribution in [0.4, 0.5) is 10.6 Å². The van der Waals surface area contributed by atoms with Crippen molar-refractivity contribution in [1.82, 2.24) is 9.88 Å². The number of hydrogen-bond donors (Lipinski definition) is 3. The van der Waals surface area contributed by atoms with Gasteiger partial charge in [-0.3, -0.25) is 0 Å². The SMILES string of the molecule is [2H]C([2H])([2H])C1(C([2H])([2H])[2H])C[C@H](CCCNc2cccc(S(N)(=O)=O)n2)CN1C(=O)O. The van der Waals surface area contributed by atoms with Gasteiger partial charge in [-0.2, -0.15) is 0 Å². The molecule has 0 spiro atoms. The molecule has 8 nitrogen and oxygen atoms in total. The van der Waals surface area contributed by atoms with Crippen LogP contribution in [0.5, 0.6) is 0 Å². The van der Waals surface area contributed by atoms with Crippen LogP contribution in [-0.2, 0) is 10.0 Å². The van der Waals surface area contributed by atoms with Crippen LogP contribution in [0.25, 0.3) is 0 Å². The van der Waals surface area contributed by atoms with E-state index in [1.807, 2.05) is 0 Å². The van der Waals surface area contributed by atoms with Gasteiger partial charge in [-0.1, -0.05) is 6.07 Å². The Bertz CT molecular complexity index is 876. The summed E-state index contributed by atoms with van der Waals surface area (Å²) in [4.78, 5) is 16.1. The maximum Gasteiger partial charge on any atom is 0.407 e. The predicted octanol–water partition coefficient (Wildman–Crippen LogP) is 1.70. The van der Waals surface area contributed by atoms with Crippen LogP contribution in [-0.4, -0.2) is 48.1 Å². The van der Waals surface area contributed by atoms with Crippen LogP contribution < -0.4 is 10.5 Å². The molecule has 1 aromatic rings. The maximum atomic E-state index is 11.6. The quantitative estimate of drug-likeness (QED) is 0.661. The first-order chi connectivity index (χ1) is 13.6. The number of anilines is 1. The van der Waals surface area contributed by atoms with E-state index in [0.29, 0.717) is 24.3 Å². The number of nitrogens with zero attached hydrogens (tertiary/aromatic N) is 2. The molecule has 2 heterocycles. The Morgan fingerprint density at radius 2 is 2.33 bits per heavy atom. The number of amides is 1. The zero-order valence-corrected chi connectivity index (χ0v) is 13.7. The molecule has 1 aliphatic heterocycles. The summed E-state index contributed by atoms with van der Waals surface area (Å²) in [6.45, 7) is -5.88. The molecule has 2 rings (SSSR count). The molecule has 1 saturated heterocycles. The monoisotopic (exact) mass is 362 g/mol. The van der Waals surface area contributed by atoms with E-state index in [9.17, 15) is 18.3 Å². The van der Waals surface area contributed by atoms with Crippen molar-refractivity contribution < 1.29 is 26.5 Å². The van der Waals surface area contributed by atoms with Gasteiger partial charge in [0, 0.05) is 26.9 Å². The number of likely N-dealkylation sites (tertiary alicyclic amines) is 1. The van der Waals surface area contributed by atoms with Crippen LogP contribution in [0.1, 0.15) is 41.2 Å². The first-order valence-electron chi connectivity index (χ1n) is 10.3. The van der Waals surface area contributed by atoms with Crippen molar-refractivity contribution in [3.63, 3.8) is 0 Å². The summed E-state index contributed by atoms with van der Waals surface area (Å²) in [5, 5.41) is 17.1. The van der Waals surface area contributed by atoms with Gasteiger partial charge < -0.3 is 15.3 Å². The van der Waals surface area contributed by atoms with Crippen molar-refractivity contribution >= 4 is 21.9 Å². The van der Waals surface area contributed by atoms with Gasteiger partial charge >= 0.3 is 6.09 Å². The fourth-order valence-corrected chi connectivity index (χ4v) is 3.21. The molecular formula is C15H24N4O4S. The molecule has 1 atom stereocenters. The molecule has 1 fully saturated rings. The number of rotatable bonds is 6. The third-order valence-electron chi connectivity index (χ3n) is 3.83. The molecule has 0 bridgehead atoms. The van der Waals surface area contributed by atoms with E-state index in [4.69, 9.17) is 13.4 Å². The van der Waals surface area contributed by atoms with E-state index in [2.05, 4.69) is 10.3 Å². The van der Waals surface area contributed by atoms with E-state index in [0.717, 1.165) is 0 Å². The molecule has 0 saturated carbocycles. The number of carboxylic acid groups (broad SMARTS) is 1. The van der Waals surface area contributed by atoms with Gasteiger partial charge in [-0.15, -0.1) is 0 Å². The van der Waals surface area contributed by atoms with E-state index >= 15 is 0 Å². The van der Waals surface area contributed by atoms with Gasteiger partial charge in [0.25, 0.3) is 10.0 Å². The van der Waals surface area contributed by atoms with Crippen molar-refractivity contribution in [2.75, 3.05) is 18.4 Å². The van der Waals surface area contributed by atoms with Gasteiger partial charge in [-0.25, -0.2) is 23.3 Å². The molecule has 0 aliphatic carbocycles. The molecule has 4 N–H and O–H groups in total. The molecule has 24 heavy (non-hydrogen) atoms. The molecule has 1 aliphatic rings. The summed E-state index contributed by atoms with van der Waals surface area (Å²) in [5.41, 5.74) is -2.45. The van der Waals surface area contributed by atoms with Crippen LogP contribution in [0.3, 0.4) is 0 Å². The van der Waals surface area contributed by atoms with E-state index in [-0.39, 0.29) is 23.8 Å². The molecule has 1 aromatic heterocycles. The minimum atomic E-state index is -3.94. The zero-order valence-electron chi connectivity index (χ0n) is 18.9. The standard InChI is InChI=1S/C15H24N4O4S/c1-15(2)9-11(10-19(15)14(20)21)5-4-8-17-12-6-3-7-13(18-12)24(16,22)23/h3,6-7,11H,4-5,8-10H2,1-2H3,(H,17,18)(H,20,21)(H2,16,22,23)/t11-/m0/s1/i1D3,2D3. The Labute approximate surface area is 150 Å². The number of primary sulfonamides is 1.